The van der Waals surface area contributed by atoms with E-state index in [1.54, 1.807) is 0 Å². The van der Waals surface area contributed by atoms with E-state index < -0.39 is 0 Å². The molecule has 3 fully saturated rings. The molecule has 0 aromatic heterocycles. The van der Waals surface area contributed by atoms with Gasteiger partial charge in [0.25, 0.3) is 0 Å². The zero-order chi connectivity index (χ0) is 13.3. The Kier molecular flexibility index (Phi) is 7.25. The van der Waals surface area contributed by atoms with Crippen molar-refractivity contribution in [3.8, 4) is 0 Å². The summed E-state index contributed by atoms with van der Waals surface area (Å²) in [6, 6.07) is 0.737. The summed E-state index contributed by atoms with van der Waals surface area (Å²) in [5.41, 5.74) is -0.138. The van der Waals surface area contributed by atoms with Gasteiger partial charge in [0.2, 0.25) is 5.91 Å². The summed E-state index contributed by atoms with van der Waals surface area (Å²) >= 11 is 0. The second kappa shape index (κ2) is 8.00. The average molecular weight is 338 g/mol. The van der Waals surface area contributed by atoms with Crippen LogP contribution in [0.25, 0.3) is 0 Å². The molecule has 3 saturated heterocycles. The molecule has 1 N–H and O–H groups in total. The van der Waals surface area contributed by atoms with Crippen LogP contribution in [0.4, 0.5) is 0 Å². The number of carbonyl (C=O) groups excluding carboxylic acids is 1. The normalized spacial score (nSPS) is 30.8. The van der Waals surface area contributed by atoms with Crippen molar-refractivity contribution in [2.45, 2.75) is 45.1 Å². The van der Waals surface area contributed by atoms with E-state index in [0.717, 1.165) is 38.6 Å². The smallest absolute Gasteiger partial charge is 0.229 e. The first-order chi connectivity index (χ1) is 9.19. The SMILES string of the molecule is CC1(C(=O)N2CCC(N3CCCC3)CC2)CCNC1.Cl.Cl. The van der Waals surface area contributed by atoms with Gasteiger partial charge in [-0.3, -0.25) is 4.79 Å². The van der Waals surface area contributed by atoms with Gasteiger partial charge in [-0.2, -0.15) is 0 Å². The highest BCUT2D eigenvalue weighted by Crippen LogP contribution is 2.29. The standard InChI is InChI=1S/C15H27N3O.2ClH/c1-15(6-7-16-12-15)14(19)18-10-4-13(5-11-18)17-8-2-3-9-17;;/h13,16H,2-12H2,1H3;2*1H. The van der Waals surface area contributed by atoms with E-state index in [1.165, 1.54) is 38.8 Å². The third-order valence-corrected chi connectivity index (χ3v) is 5.29. The molecule has 21 heavy (non-hydrogen) atoms. The fraction of sp³-hybridized carbons (Fsp3) is 0.933. The molecule has 0 spiro atoms. The van der Waals surface area contributed by atoms with Crippen LogP contribution < -0.4 is 5.32 Å². The van der Waals surface area contributed by atoms with Crippen LogP contribution in [0.15, 0.2) is 0 Å². The van der Waals surface area contributed by atoms with Crippen molar-refractivity contribution in [1.29, 1.82) is 0 Å². The quantitative estimate of drug-likeness (QED) is 0.836. The van der Waals surface area contributed by atoms with Crippen molar-refractivity contribution < 1.29 is 4.79 Å². The number of halogens is 2. The Labute approximate surface area is 140 Å². The largest absolute Gasteiger partial charge is 0.342 e. The van der Waals surface area contributed by atoms with Crippen molar-refractivity contribution in [1.82, 2.24) is 15.1 Å². The molecule has 1 amide bonds. The minimum atomic E-state index is -0.138. The van der Waals surface area contributed by atoms with E-state index in [9.17, 15) is 4.79 Å². The van der Waals surface area contributed by atoms with Crippen LogP contribution in [0.1, 0.15) is 39.0 Å². The van der Waals surface area contributed by atoms with Gasteiger partial charge < -0.3 is 15.1 Å². The summed E-state index contributed by atoms with van der Waals surface area (Å²) in [7, 11) is 0. The van der Waals surface area contributed by atoms with E-state index in [4.69, 9.17) is 0 Å². The lowest BCUT2D eigenvalue weighted by molar-refractivity contribution is -0.141. The highest BCUT2D eigenvalue weighted by Gasteiger charge is 2.40. The first-order valence-corrected chi connectivity index (χ1v) is 7.93. The van der Waals surface area contributed by atoms with Crippen LogP contribution in [0.5, 0.6) is 0 Å². The number of hydrogen-bond donors (Lipinski definition) is 1. The van der Waals surface area contributed by atoms with Gasteiger partial charge in [0.05, 0.1) is 5.41 Å². The highest BCUT2D eigenvalue weighted by molar-refractivity contribution is 5.85. The molecule has 3 aliphatic heterocycles. The second-order valence-corrected chi connectivity index (χ2v) is 6.75. The zero-order valence-corrected chi connectivity index (χ0v) is 14.6. The molecule has 0 bridgehead atoms. The van der Waals surface area contributed by atoms with Gasteiger partial charge in [-0.25, -0.2) is 0 Å². The molecule has 0 aliphatic carbocycles. The fourth-order valence-electron chi connectivity index (χ4n) is 3.92. The fourth-order valence-corrected chi connectivity index (χ4v) is 3.92. The Morgan fingerprint density at radius 2 is 1.71 bits per heavy atom. The molecule has 1 atom stereocenters. The van der Waals surface area contributed by atoms with E-state index in [2.05, 4.69) is 22.0 Å². The van der Waals surface area contributed by atoms with Crippen molar-refractivity contribution in [3.63, 3.8) is 0 Å². The van der Waals surface area contributed by atoms with Crippen molar-refractivity contribution >= 4 is 30.7 Å². The Balaban J connectivity index is 0.00000110. The van der Waals surface area contributed by atoms with E-state index in [-0.39, 0.29) is 30.2 Å². The van der Waals surface area contributed by atoms with Crippen LogP contribution in [-0.4, -0.2) is 61.0 Å². The maximum absolute atomic E-state index is 12.6. The van der Waals surface area contributed by atoms with Crippen LogP contribution in [0.3, 0.4) is 0 Å². The van der Waals surface area contributed by atoms with Crippen LogP contribution in [0, 0.1) is 5.41 Å². The lowest BCUT2D eigenvalue weighted by Crippen LogP contribution is -2.50. The minimum Gasteiger partial charge on any atom is -0.342 e. The van der Waals surface area contributed by atoms with E-state index in [0.29, 0.717) is 5.91 Å². The second-order valence-electron chi connectivity index (χ2n) is 6.75. The predicted molar refractivity (Wildman–Crippen MR) is 90.5 cm³/mol. The number of carbonyl (C=O) groups is 1. The van der Waals surface area contributed by atoms with Crippen molar-refractivity contribution in [3.05, 3.63) is 0 Å². The molecule has 4 nitrogen and oxygen atoms in total. The van der Waals surface area contributed by atoms with Gasteiger partial charge in [0.1, 0.15) is 0 Å². The Morgan fingerprint density at radius 1 is 1.10 bits per heavy atom. The Morgan fingerprint density at radius 3 is 2.24 bits per heavy atom. The molecule has 0 saturated carbocycles. The number of piperidine rings is 1. The number of nitrogens with zero attached hydrogens (tertiary/aromatic N) is 2. The minimum absolute atomic E-state index is 0. The molecule has 3 aliphatic rings. The topological polar surface area (TPSA) is 35.6 Å². The summed E-state index contributed by atoms with van der Waals surface area (Å²) < 4.78 is 0. The Bertz CT molecular complexity index is 334. The number of likely N-dealkylation sites (tertiary alicyclic amines) is 2. The van der Waals surface area contributed by atoms with Crippen molar-refractivity contribution in [2.75, 3.05) is 39.3 Å². The third-order valence-electron chi connectivity index (χ3n) is 5.29. The van der Waals surface area contributed by atoms with Gasteiger partial charge in [0.15, 0.2) is 0 Å². The summed E-state index contributed by atoms with van der Waals surface area (Å²) in [6.07, 6.45) is 6.08. The van der Waals surface area contributed by atoms with Gasteiger partial charge in [-0.1, -0.05) is 0 Å². The lowest BCUT2D eigenvalue weighted by atomic mass is 9.87. The molecule has 3 heterocycles. The molecule has 6 heteroatoms. The number of hydrogen-bond acceptors (Lipinski definition) is 3. The molecule has 0 radical (unpaired) electrons. The van der Waals surface area contributed by atoms with Gasteiger partial charge in [-0.15, -0.1) is 24.8 Å². The molecular formula is C15H29Cl2N3O. The van der Waals surface area contributed by atoms with Gasteiger partial charge in [-0.05, 0) is 58.7 Å². The highest BCUT2D eigenvalue weighted by atomic mass is 35.5. The molecule has 0 aromatic rings. The monoisotopic (exact) mass is 337 g/mol. The molecular weight excluding hydrogens is 309 g/mol. The summed E-state index contributed by atoms with van der Waals surface area (Å²) in [5, 5.41) is 3.33. The van der Waals surface area contributed by atoms with Gasteiger partial charge >= 0.3 is 0 Å². The van der Waals surface area contributed by atoms with E-state index in [1.807, 2.05) is 0 Å². The zero-order valence-electron chi connectivity index (χ0n) is 13.0. The first kappa shape index (κ1) is 19.0. The van der Waals surface area contributed by atoms with Gasteiger partial charge in [0, 0.05) is 25.7 Å². The summed E-state index contributed by atoms with van der Waals surface area (Å²) in [4.78, 5) is 17.4. The number of rotatable bonds is 2. The average Bonchev–Trinajstić information content (AvgIpc) is 3.10. The summed E-state index contributed by atoms with van der Waals surface area (Å²) in [6.45, 7) is 8.47. The maximum atomic E-state index is 12.6. The number of amides is 1. The van der Waals surface area contributed by atoms with Crippen LogP contribution >= 0.6 is 24.8 Å². The molecule has 3 rings (SSSR count). The maximum Gasteiger partial charge on any atom is 0.229 e. The lowest BCUT2D eigenvalue weighted by Gasteiger charge is -2.39. The molecule has 0 aromatic carbocycles. The van der Waals surface area contributed by atoms with Crippen LogP contribution in [0.2, 0.25) is 0 Å². The first-order valence-electron chi connectivity index (χ1n) is 7.93. The molecule has 1 unspecified atom stereocenters. The summed E-state index contributed by atoms with van der Waals surface area (Å²) in [5.74, 6) is 0.386. The third kappa shape index (κ3) is 4.04. The Hall–Kier alpha value is -0.0300. The predicted octanol–water partition coefficient (Wildman–Crippen LogP) is 1.92. The van der Waals surface area contributed by atoms with Crippen LogP contribution in [-0.2, 0) is 4.79 Å². The number of nitrogens with one attached hydrogen (secondary N) is 1. The van der Waals surface area contributed by atoms with Crippen molar-refractivity contribution in [2.24, 2.45) is 5.41 Å². The molecule has 124 valence electrons. The van der Waals surface area contributed by atoms with E-state index >= 15 is 0 Å².